The number of halogens is 5. The van der Waals surface area contributed by atoms with E-state index in [1.807, 2.05) is 0 Å². The molecule has 1 aromatic heterocycles. The summed E-state index contributed by atoms with van der Waals surface area (Å²) >= 11 is 0. The summed E-state index contributed by atoms with van der Waals surface area (Å²) in [6.45, 7) is -0.669. The predicted octanol–water partition coefficient (Wildman–Crippen LogP) is 4.03. The van der Waals surface area contributed by atoms with Crippen molar-refractivity contribution in [2.24, 2.45) is 0 Å². The van der Waals surface area contributed by atoms with E-state index in [2.05, 4.69) is 10.3 Å². The Hall–Kier alpha value is -3.58. The standard InChI is InChI=1S/C24H20F5N3O4S/c25-16-2-4-18(5-3-16)37(35,36)32-13-17(26)11-21(32)23(34)31-12-14-7-8-30-20(9-14)19-6-1-15(10-22(19)33)24(27,28)29/h1-10,17,21,33H,11-13H2,(H,31,34). The highest BCUT2D eigenvalue weighted by Crippen LogP contribution is 2.36. The molecule has 196 valence electrons. The number of phenols is 1. The third-order valence-corrected chi connectivity index (χ3v) is 7.71. The minimum absolute atomic E-state index is 0.0359. The predicted molar refractivity (Wildman–Crippen MR) is 122 cm³/mol. The van der Waals surface area contributed by atoms with Gasteiger partial charge in [0.05, 0.1) is 16.2 Å². The highest BCUT2D eigenvalue weighted by molar-refractivity contribution is 7.89. The average molecular weight is 541 g/mol. The lowest BCUT2D eigenvalue weighted by atomic mass is 10.0. The van der Waals surface area contributed by atoms with E-state index in [9.17, 15) is 40.3 Å². The first kappa shape index (κ1) is 26.5. The Balaban J connectivity index is 1.49. The second-order valence-electron chi connectivity index (χ2n) is 8.37. The molecule has 13 heteroatoms. The van der Waals surface area contributed by atoms with Crippen LogP contribution in [-0.2, 0) is 27.5 Å². The van der Waals surface area contributed by atoms with Gasteiger partial charge in [0.25, 0.3) is 0 Å². The molecule has 1 saturated heterocycles. The number of nitrogens with one attached hydrogen (secondary N) is 1. The summed E-state index contributed by atoms with van der Waals surface area (Å²) in [5.41, 5.74) is -0.405. The maximum atomic E-state index is 14.2. The first-order chi connectivity index (χ1) is 17.4. The number of carbonyl (C=O) groups is 1. The van der Waals surface area contributed by atoms with Crippen molar-refractivity contribution in [3.05, 3.63) is 77.7 Å². The van der Waals surface area contributed by atoms with E-state index >= 15 is 0 Å². The van der Waals surface area contributed by atoms with Crippen LogP contribution in [-0.4, -0.2) is 47.5 Å². The number of hydrogen-bond acceptors (Lipinski definition) is 5. The molecule has 1 aliphatic heterocycles. The number of alkyl halides is 4. The summed E-state index contributed by atoms with van der Waals surface area (Å²) in [6.07, 6.45) is -5.26. The molecule has 2 unspecified atom stereocenters. The Morgan fingerprint density at radius 3 is 2.46 bits per heavy atom. The van der Waals surface area contributed by atoms with Gasteiger partial charge in [-0.1, -0.05) is 0 Å². The number of hydrogen-bond donors (Lipinski definition) is 2. The van der Waals surface area contributed by atoms with Crippen LogP contribution in [0.15, 0.2) is 65.7 Å². The van der Waals surface area contributed by atoms with E-state index in [-0.39, 0.29) is 29.1 Å². The molecule has 3 aromatic rings. The molecule has 1 amide bonds. The van der Waals surface area contributed by atoms with Crippen LogP contribution in [0.4, 0.5) is 22.0 Å². The number of pyridine rings is 1. The molecule has 2 aromatic carbocycles. The largest absolute Gasteiger partial charge is 0.507 e. The van der Waals surface area contributed by atoms with Crippen molar-refractivity contribution in [1.29, 1.82) is 0 Å². The van der Waals surface area contributed by atoms with E-state index < -0.39 is 58.0 Å². The zero-order chi connectivity index (χ0) is 27.0. The summed E-state index contributed by atoms with van der Waals surface area (Å²) in [4.78, 5) is 16.6. The molecular formula is C24H20F5N3O4S. The fraction of sp³-hybridized carbons (Fsp3) is 0.250. The van der Waals surface area contributed by atoms with E-state index in [1.165, 1.54) is 18.3 Å². The van der Waals surface area contributed by atoms with Gasteiger partial charge < -0.3 is 10.4 Å². The smallest absolute Gasteiger partial charge is 0.416 e. The summed E-state index contributed by atoms with van der Waals surface area (Å²) in [7, 11) is -4.28. The summed E-state index contributed by atoms with van der Waals surface area (Å²) in [6, 6.07) is 7.99. The monoisotopic (exact) mass is 541 g/mol. The van der Waals surface area contributed by atoms with E-state index in [0.29, 0.717) is 11.6 Å². The highest BCUT2D eigenvalue weighted by Gasteiger charge is 2.44. The molecule has 1 aliphatic rings. The van der Waals surface area contributed by atoms with E-state index in [1.54, 1.807) is 0 Å². The minimum atomic E-state index is -4.63. The Bertz CT molecular complexity index is 1410. The second kappa shape index (κ2) is 10.1. The SMILES string of the molecule is O=C(NCc1ccnc(-c2ccc(C(F)(F)F)cc2O)c1)C1CC(F)CN1S(=O)(=O)c1ccc(F)cc1. The van der Waals surface area contributed by atoms with Gasteiger partial charge in [-0.25, -0.2) is 17.2 Å². The fourth-order valence-corrected chi connectivity index (χ4v) is 5.59. The van der Waals surface area contributed by atoms with Gasteiger partial charge in [0, 0.05) is 31.3 Å². The third-order valence-electron chi connectivity index (χ3n) is 5.82. The van der Waals surface area contributed by atoms with Crippen LogP contribution in [0.2, 0.25) is 0 Å². The lowest BCUT2D eigenvalue weighted by Gasteiger charge is -2.23. The first-order valence-corrected chi connectivity index (χ1v) is 12.3. The average Bonchev–Trinajstić information content (AvgIpc) is 3.25. The van der Waals surface area contributed by atoms with Gasteiger partial charge in [0.1, 0.15) is 23.8 Å². The zero-order valence-corrected chi connectivity index (χ0v) is 19.7. The lowest BCUT2D eigenvalue weighted by molar-refractivity contribution is -0.137. The normalized spacial score (nSPS) is 18.6. The van der Waals surface area contributed by atoms with Crippen molar-refractivity contribution < 1.29 is 40.3 Å². The molecule has 7 nitrogen and oxygen atoms in total. The molecule has 4 rings (SSSR count). The Kier molecular flexibility index (Phi) is 7.20. The number of aromatic nitrogens is 1. The molecule has 0 bridgehead atoms. The fourth-order valence-electron chi connectivity index (χ4n) is 3.97. The molecular weight excluding hydrogens is 521 g/mol. The van der Waals surface area contributed by atoms with Gasteiger partial charge >= 0.3 is 6.18 Å². The first-order valence-electron chi connectivity index (χ1n) is 10.9. The lowest BCUT2D eigenvalue weighted by Crippen LogP contribution is -2.45. The molecule has 1 fully saturated rings. The van der Waals surface area contributed by atoms with Crippen molar-refractivity contribution in [3.63, 3.8) is 0 Å². The van der Waals surface area contributed by atoms with Gasteiger partial charge in [-0.2, -0.15) is 17.5 Å². The van der Waals surface area contributed by atoms with Gasteiger partial charge in [0.15, 0.2) is 0 Å². The molecule has 0 aliphatic carbocycles. The van der Waals surface area contributed by atoms with Crippen molar-refractivity contribution in [3.8, 4) is 17.0 Å². The van der Waals surface area contributed by atoms with Crippen LogP contribution in [0.3, 0.4) is 0 Å². The summed E-state index contributed by atoms with van der Waals surface area (Å²) in [5.74, 6) is -2.05. The molecule has 2 heterocycles. The quantitative estimate of drug-likeness (QED) is 0.459. The molecule has 0 saturated carbocycles. The van der Waals surface area contributed by atoms with Crippen molar-refractivity contribution in [1.82, 2.24) is 14.6 Å². The molecule has 0 spiro atoms. The van der Waals surface area contributed by atoms with Crippen LogP contribution in [0.5, 0.6) is 5.75 Å². The third kappa shape index (κ3) is 5.72. The molecule has 2 N–H and O–H groups in total. The number of nitrogens with zero attached hydrogens (tertiary/aromatic N) is 2. The van der Waals surface area contributed by atoms with Gasteiger partial charge in [-0.05, 0) is 60.2 Å². The Labute approximate surface area is 208 Å². The Morgan fingerprint density at radius 1 is 1.11 bits per heavy atom. The minimum Gasteiger partial charge on any atom is -0.507 e. The second-order valence-corrected chi connectivity index (χ2v) is 10.3. The maximum absolute atomic E-state index is 14.2. The van der Waals surface area contributed by atoms with Gasteiger partial charge in [-0.15, -0.1) is 0 Å². The van der Waals surface area contributed by atoms with Gasteiger partial charge in [0.2, 0.25) is 15.9 Å². The topological polar surface area (TPSA) is 99.6 Å². The van der Waals surface area contributed by atoms with Crippen molar-refractivity contribution in [2.75, 3.05) is 6.54 Å². The zero-order valence-electron chi connectivity index (χ0n) is 18.9. The Morgan fingerprint density at radius 2 is 1.81 bits per heavy atom. The number of aromatic hydroxyl groups is 1. The number of benzene rings is 2. The van der Waals surface area contributed by atoms with Crippen LogP contribution in [0.1, 0.15) is 17.5 Å². The van der Waals surface area contributed by atoms with Gasteiger partial charge in [-0.3, -0.25) is 9.78 Å². The van der Waals surface area contributed by atoms with Crippen molar-refractivity contribution >= 4 is 15.9 Å². The number of rotatable bonds is 6. The van der Waals surface area contributed by atoms with E-state index in [0.717, 1.165) is 40.7 Å². The van der Waals surface area contributed by atoms with Crippen LogP contribution < -0.4 is 5.32 Å². The molecule has 0 radical (unpaired) electrons. The van der Waals surface area contributed by atoms with Crippen LogP contribution in [0.25, 0.3) is 11.3 Å². The number of sulfonamides is 1. The number of amides is 1. The number of carbonyl (C=O) groups excluding carboxylic acids is 1. The summed E-state index contributed by atoms with van der Waals surface area (Å²) < 4.78 is 92.6. The summed E-state index contributed by atoms with van der Waals surface area (Å²) in [5, 5.41) is 12.6. The highest BCUT2D eigenvalue weighted by atomic mass is 32.2. The van der Waals surface area contributed by atoms with E-state index in [4.69, 9.17) is 0 Å². The van der Waals surface area contributed by atoms with Crippen LogP contribution in [0, 0.1) is 5.82 Å². The molecule has 2 atom stereocenters. The maximum Gasteiger partial charge on any atom is 0.416 e. The molecule has 37 heavy (non-hydrogen) atoms. The van der Waals surface area contributed by atoms with Crippen LogP contribution >= 0.6 is 0 Å². The number of phenolic OH excluding ortho intramolecular Hbond substituents is 1. The van der Waals surface area contributed by atoms with Crippen molar-refractivity contribution in [2.45, 2.75) is 36.3 Å².